The number of para-hydroxylation sites is 1. The van der Waals surface area contributed by atoms with E-state index in [1.807, 2.05) is 65.6 Å². The molecule has 0 spiro atoms. The molecule has 1 amide bonds. The van der Waals surface area contributed by atoms with Crippen LogP contribution in [0.15, 0.2) is 83.8 Å². The molecule has 1 aliphatic rings. The quantitative estimate of drug-likeness (QED) is 0.606. The molecule has 136 valence electrons. The van der Waals surface area contributed by atoms with Gasteiger partial charge in [-0.15, -0.1) is 11.8 Å². The Labute approximate surface area is 164 Å². The molecule has 0 N–H and O–H groups in total. The van der Waals surface area contributed by atoms with Crippen molar-refractivity contribution in [3.63, 3.8) is 0 Å². The topological polar surface area (TPSA) is 29.5 Å². The van der Waals surface area contributed by atoms with E-state index in [1.54, 1.807) is 18.9 Å². The number of hydrogen-bond donors (Lipinski definition) is 0. The summed E-state index contributed by atoms with van der Waals surface area (Å²) in [4.78, 5) is 16.2. The summed E-state index contributed by atoms with van der Waals surface area (Å²) in [6.45, 7) is 0.557. The minimum atomic E-state index is 0.126. The first-order valence-corrected chi connectivity index (χ1v) is 9.86. The summed E-state index contributed by atoms with van der Waals surface area (Å²) in [5.41, 5.74) is 3.26. The Hall–Kier alpha value is -2.72. The number of fused-ring (bicyclic) bond motifs is 1. The lowest BCUT2D eigenvalue weighted by molar-refractivity contribution is -0.118. The predicted molar refractivity (Wildman–Crippen MR) is 110 cm³/mol. The Morgan fingerprint density at radius 1 is 0.963 bits per heavy atom. The first-order valence-electron chi connectivity index (χ1n) is 8.98. The molecule has 0 aromatic heterocycles. The van der Waals surface area contributed by atoms with Gasteiger partial charge in [0.15, 0.2) is 0 Å². The molecular formula is C23H21NO2S. The number of carbonyl (C=O) groups is 1. The van der Waals surface area contributed by atoms with E-state index >= 15 is 0 Å². The van der Waals surface area contributed by atoms with Crippen LogP contribution in [-0.4, -0.2) is 13.0 Å². The van der Waals surface area contributed by atoms with Gasteiger partial charge in [-0.25, -0.2) is 0 Å². The Morgan fingerprint density at radius 2 is 1.67 bits per heavy atom. The van der Waals surface area contributed by atoms with Gasteiger partial charge < -0.3 is 9.64 Å². The van der Waals surface area contributed by atoms with Crippen LogP contribution in [0.25, 0.3) is 0 Å². The van der Waals surface area contributed by atoms with E-state index in [4.69, 9.17) is 4.74 Å². The van der Waals surface area contributed by atoms with Crippen molar-refractivity contribution in [2.45, 2.75) is 23.1 Å². The van der Waals surface area contributed by atoms with Gasteiger partial charge in [0.2, 0.25) is 5.91 Å². The van der Waals surface area contributed by atoms with E-state index in [0.717, 1.165) is 21.9 Å². The number of methoxy groups -OCH3 is 1. The Balaban J connectivity index is 1.66. The van der Waals surface area contributed by atoms with Crippen LogP contribution in [0.5, 0.6) is 5.75 Å². The normalized spacial score (nSPS) is 16.6. The number of amides is 1. The zero-order valence-corrected chi connectivity index (χ0v) is 16.0. The highest BCUT2D eigenvalue weighted by molar-refractivity contribution is 7.99. The minimum Gasteiger partial charge on any atom is -0.497 e. The van der Waals surface area contributed by atoms with E-state index < -0.39 is 0 Å². The van der Waals surface area contributed by atoms with Crippen LogP contribution in [-0.2, 0) is 11.3 Å². The summed E-state index contributed by atoms with van der Waals surface area (Å²) in [7, 11) is 1.66. The second kappa shape index (κ2) is 7.89. The van der Waals surface area contributed by atoms with E-state index in [1.165, 1.54) is 5.56 Å². The van der Waals surface area contributed by atoms with E-state index in [-0.39, 0.29) is 11.2 Å². The van der Waals surface area contributed by atoms with Crippen molar-refractivity contribution in [2.24, 2.45) is 0 Å². The lowest BCUT2D eigenvalue weighted by Gasteiger charge is -2.23. The highest BCUT2D eigenvalue weighted by atomic mass is 32.2. The van der Waals surface area contributed by atoms with Crippen molar-refractivity contribution in [1.82, 2.24) is 0 Å². The Morgan fingerprint density at radius 3 is 2.41 bits per heavy atom. The van der Waals surface area contributed by atoms with Crippen LogP contribution in [0.4, 0.5) is 5.69 Å². The fraction of sp³-hybridized carbons (Fsp3) is 0.174. The second-order valence-electron chi connectivity index (χ2n) is 6.52. The third-order valence-corrected chi connectivity index (χ3v) is 6.08. The molecule has 3 aromatic carbocycles. The fourth-order valence-corrected chi connectivity index (χ4v) is 4.60. The summed E-state index contributed by atoms with van der Waals surface area (Å²) < 4.78 is 5.24. The van der Waals surface area contributed by atoms with Crippen LogP contribution >= 0.6 is 11.8 Å². The van der Waals surface area contributed by atoms with Gasteiger partial charge in [0.05, 0.1) is 19.3 Å². The van der Waals surface area contributed by atoms with E-state index in [9.17, 15) is 4.79 Å². The molecule has 0 saturated heterocycles. The molecule has 1 aliphatic heterocycles. The lowest BCUT2D eigenvalue weighted by Crippen LogP contribution is -2.30. The highest BCUT2D eigenvalue weighted by Gasteiger charge is 2.29. The van der Waals surface area contributed by atoms with Crippen LogP contribution in [0.1, 0.15) is 22.8 Å². The summed E-state index contributed by atoms with van der Waals surface area (Å²) >= 11 is 1.77. The number of nitrogens with zero attached hydrogens (tertiary/aromatic N) is 1. The SMILES string of the molecule is COc1ccc(CN2C(=O)CC(c3ccccc3)Sc3ccccc32)cc1. The monoisotopic (exact) mass is 375 g/mol. The molecule has 3 nitrogen and oxygen atoms in total. The molecule has 0 radical (unpaired) electrons. The number of rotatable bonds is 4. The third kappa shape index (κ3) is 3.86. The summed E-state index contributed by atoms with van der Waals surface area (Å²) in [6.07, 6.45) is 0.486. The van der Waals surface area contributed by atoms with Gasteiger partial charge in [0.1, 0.15) is 5.75 Å². The van der Waals surface area contributed by atoms with Crippen LogP contribution < -0.4 is 9.64 Å². The maximum Gasteiger partial charge on any atom is 0.228 e. The van der Waals surface area contributed by atoms with Crippen LogP contribution in [0.3, 0.4) is 0 Å². The van der Waals surface area contributed by atoms with Crippen molar-refractivity contribution in [3.8, 4) is 5.75 Å². The number of thioether (sulfide) groups is 1. The molecule has 0 fully saturated rings. The summed E-state index contributed by atoms with van der Waals surface area (Å²) in [6, 6.07) is 26.4. The molecule has 0 saturated carbocycles. The number of carbonyl (C=O) groups excluding carboxylic acids is 1. The average molecular weight is 375 g/mol. The average Bonchev–Trinajstić information content (AvgIpc) is 2.86. The Kier molecular flexibility index (Phi) is 5.16. The summed E-state index contributed by atoms with van der Waals surface area (Å²) in [5.74, 6) is 0.971. The predicted octanol–water partition coefficient (Wildman–Crippen LogP) is 5.47. The standard InChI is InChI=1S/C23H21NO2S/c1-26-19-13-11-17(12-14-19)16-24-20-9-5-6-10-21(20)27-22(15-23(24)25)18-7-3-2-4-8-18/h2-14,22H,15-16H2,1H3. The van der Waals surface area contributed by atoms with Gasteiger partial charge in [0.25, 0.3) is 0 Å². The molecule has 0 aliphatic carbocycles. The van der Waals surface area contributed by atoms with E-state index in [2.05, 4.69) is 18.2 Å². The molecular weight excluding hydrogens is 354 g/mol. The number of benzene rings is 3. The maximum absolute atomic E-state index is 13.2. The molecule has 1 atom stereocenters. The molecule has 0 bridgehead atoms. The lowest BCUT2D eigenvalue weighted by atomic mass is 10.1. The number of anilines is 1. The van der Waals surface area contributed by atoms with Gasteiger partial charge in [-0.2, -0.15) is 0 Å². The first-order chi connectivity index (χ1) is 13.2. The van der Waals surface area contributed by atoms with Crippen molar-refractivity contribution in [2.75, 3.05) is 12.0 Å². The third-order valence-electron chi connectivity index (χ3n) is 4.76. The Bertz CT molecular complexity index is 925. The highest BCUT2D eigenvalue weighted by Crippen LogP contribution is 2.45. The largest absolute Gasteiger partial charge is 0.497 e. The van der Waals surface area contributed by atoms with Gasteiger partial charge in [0, 0.05) is 16.6 Å². The molecule has 1 heterocycles. The number of ether oxygens (including phenoxy) is 1. The summed E-state index contributed by atoms with van der Waals surface area (Å²) in [5, 5.41) is 0.126. The zero-order valence-electron chi connectivity index (χ0n) is 15.2. The number of hydrogen-bond acceptors (Lipinski definition) is 3. The zero-order chi connectivity index (χ0) is 18.6. The van der Waals surface area contributed by atoms with Crippen LogP contribution in [0.2, 0.25) is 0 Å². The molecule has 4 heteroatoms. The fourth-order valence-electron chi connectivity index (χ4n) is 3.32. The second-order valence-corrected chi connectivity index (χ2v) is 7.76. The van der Waals surface area contributed by atoms with Gasteiger partial charge >= 0.3 is 0 Å². The molecule has 4 rings (SSSR count). The van der Waals surface area contributed by atoms with Gasteiger partial charge in [-0.3, -0.25) is 4.79 Å². The first kappa shape index (κ1) is 17.7. The minimum absolute atomic E-state index is 0.126. The maximum atomic E-state index is 13.2. The molecule has 3 aromatic rings. The van der Waals surface area contributed by atoms with Crippen molar-refractivity contribution in [1.29, 1.82) is 0 Å². The van der Waals surface area contributed by atoms with E-state index in [0.29, 0.717) is 13.0 Å². The van der Waals surface area contributed by atoms with Crippen molar-refractivity contribution >= 4 is 23.4 Å². The molecule has 1 unspecified atom stereocenters. The van der Waals surface area contributed by atoms with Gasteiger partial charge in [-0.1, -0.05) is 54.6 Å². The van der Waals surface area contributed by atoms with Gasteiger partial charge in [-0.05, 0) is 35.4 Å². The van der Waals surface area contributed by atoms with Crippen molar-refractivity contribution in [3.05, 3.63) is 90.0 Å². The smallest absolute Gasteiger partial charge is 0.228 e. The van der Waals surface area contributed by atoms with Crippen LogP contribution in [0, 0.1) is 0 Å². The van der Waals surface area contributed by atoms with Crippen molar-refractivity contribution < 1.29 is 9.53 Å². The molecule has 27 heavy (non-hydrogen) atoms.